The summed E-state index contributed by atoms with van der Waals surface area (Å²) in [5.41, 5.74) is 4.96. The molecular weight excluding hydrogens is 429 g/mol. The number of benzene rings is 2. The molecule has 4 rings (SSSR count). The highest BCUT2D eigenvalue weighted by Gasteiger charge is 2.22. The Morgan fingerprint density at radius 3 is 2.35 bits per heavy atom. The molecule has 154 valence electrons. The highest BCUT2D eigenvalue weighted by molar-refractivity contribution is 6.35. The molecule has 1 amide bonds. The van der Waals surface area contributed by atoms with E-state index < -0.39 is 0 Å². The summed E-state index contributed by atoms with van der Waals surface area (Å²) in [6, 6.07) is 18.7. The van der Waals surface area contributed by atoms with Crippen molar-refractivity contribution in [2.24, 2.45) is 0 Å². The highest BCUT2D eigenvalue weighted by atomic mass is 35.5. The first-order chi connectivity index (χ1) is 15.0. The number of amides is 1. The van der Waals surface area contributed by atoms with E-state index in [1.807, 2.05) is 49.5 Å². The number of hydrogen-bond acceptors (Lipinski definition) is 3. The maximum Gasteiger partial charge on any atom is 0.258 e. The van der Waals surface area contributed by atoms with E-state index in [0.717, 1.165) is 22.3 Å². The minimum Gasteiger partial charge on any atom is -0.304 e. The monoisotopic (exact) mass is 447 g/mol. The van der Waals surface area contributed by atoms with E-state index in [4.69, 9.17) is 23.2 Å². The number of anilines is 1. The van der Waals surface area contributed by atoms with Crippen LogP contribution in [0, 0.1) is 6.92 Å². The number of rotatable bonds is 5. The Hall–Kier alpha value is -3.21. The molecule has 0 atom stereocenters. The summed E-state index contributed by atoms with van der Waals surface area (Å²) in [5, 5.41) is 0.930. The second kappa shape index (κ2) is 9.29. The van der Waals surface area contributed by atoms with Gasteiger partial charge in [0.05, 0.1) is 6.54 Å². The fourth-order valence-electron chi connectivity index (χ4n) is 3.47. The topological polar surface area (TPSA) is 46.1 Å². The summed E-state index contributed by atoms with van der Waals surface area (Å²) >= 11 is 12.5. The molecule has 0 bridgehead atoms. The largest absolute Gasteiger partial charge is 0.304 e. The smallest absolute Gasteiger partial charge is 0.258 e. The van der Waals surface area contributed by atoms with Crippen molar-refractivity contribution in [3.05, 3.63) is 112 Å². The number of halogens is 2. The number of nitrogens with zero attached hydrogens (tertiary/aromatic N) is 3. The van der Waals surface area contributed by atoms with Gasteiger partial charge in [0.2, 0.25) is 0 Å². The van der Waals surface area contributed by atoms with E-state index in [2.05, 4.69) is 9.97 Å². The van der Waals surface area contributed by atoms with Crippen molar-refractivity contribution in [2.75, 3.05) is 4.90 Å². The van der Waals surface area contributed by atoms with Gasteiger partial charge in [0.15, 0.2) is 0 Å². The van der Waals surface area contributed by atoms with Gasteiger partial charge in [-0.05, 0) is 53.9 Å². The lowest BCUT2D eigenvalue weighted by atomic mass is 10.00. The molecule has 2 heterocycles. The van der Waals surface area contributed by atoms with E-state index >= 15 is 0 Å². The second-order valence-electron chi connectivity index (χ2n) is 7.11. The molecule has 0 aliphatic rings. The number of aromatic nitrogens is 2. The van der Waals surface area contributed by atoms with Gasteiger partial charge in [0.25, 0.3) is 5.91 Å². The fourth-order valence-corrected chi connectivity index (χ4v) is 3.98. The summed E-state index contributed by atoms with van der Waals surface area (Å²) in [6.45, 7) is 2.20. The van der Waals surface area contributed by atoms with Gasteiger partial charge in [-0.2, -0.15) is 0 Å². The van der Waals surface area contributed by atoms with Crippen molar-refractivity contribution in [3.8, 4) is 11.1 Å². The first-order valence-corrected chi connectivity index (χ1v) is 10.5. The summed E-state index contributed by atoms with van der Waals surface area (Å²) in [5.74, 6) is -0.153. The maximum absolute atomic E-state index is 13.6. The van der Waals surface area contributed by atoms with Crippen LogP contribution in [0.25, 0.3) is 11.1 Å². The third kappa shape index (κ3) is 4.76. The zero-order valence-electron chi connectivity index (χ0n) is 16.8. The third-order valence-corrected chi connectivity index (χ3v) is 5.41. The van der Waals surface area contributed by atoms with Crippen LogP contribution in [0.4, 0.5) is 5.69 Å². The lowest BCUT2D eigenvalue weighted by Crippen LogP contribution is -2.31. The van der Waals surface area contributed by atoms with Crippen molar-refractivity contribution < 1.29 is 4.79 Å². The molecule has 0 aliphatic heterocycles. The predicted octanol–water partition coefficient (Wildman–Crippen LogP) is 6.61. The van der Waals surface area contributed by atoms with Gasteiger partial charge in [0, 0.05) is 51.6 Å². The van der Waals surface area contributed by atoms with Crippen molar-refractivity contribution in [1.82, 2.24) is 9.97 Å². The molecule has 0 radical (unpaired) electrons. The van der Waals surface area contributed by atoms with Crippen molar-refractivity contribution in [2.45, 2.75) is 13.5 Å². The SMILES string of the molecule is Cc1cnccc1C(=O)N(Cc1ccccc1-c1cccnc1)c1cc(Cl)cc(Cl)c1. The zero-order valence-corrected chi connectivity index (χ0v) is 18.3. The molecule has 0 N–H and O–H groups in total. The Morgan fingerprint density at radius 1 is 0.903 bits per heavy atom. The summed E-state index contributed by atoms with van der Waals surface area (Å²) in [4.78, 5) is 23.7. The molecule has 6 heteroatoms. The van der Waals surface area contributed by atoms with Gasteiger partial charge >= 0.3 is 0 Å². The van der Waals surface area contributed by atoms with E-state index in [9.17, 15) is 4.79 Å². The first-order valence-electron chi connectivity index (χ1n) is 9.70. The minimum absolute atomic E-state index is 0.153. The lowest BCUT2D eigenvalue weighted by molar-refractivity contribution is 0.0984. The molecule has 31 heavy (non-hydrogen) atoms. The summed E-state index contributed by atoms with van der Waals surface area (Å²) in [6.07, 6.45) is 6.85. The maximum atomic E-state index is 13.6. The predicted molar refractivity (Wildman–Crippen MR) is 126 cm³/mol. The third-order valence-electron chi connectivity index (χ3n) is 4.97. The van der Waals surface area contributed by atoms with Crippen LogP contribution in [0.1, 0.15) is 21.5 Å². The van der Waals surface area contributed by atoms with E-state index in [-0.39, 0.29) is 5.91 Å². The average Bonchev–Trinajstić information content (AvgIpc) is 2.77. The molecule has 0 spiro atoms. The Balaban J connectivity index is 1.81. The van der Waals surface area contributed by atoms with Gasteiger partial charge in [0.1, 0.15) is 0 Å². The van der Waals surface area contributed by atoms with Gasteiger partial charge in [-0.25, -0.2) is 0 Å². The van der Waals surface area contributed by atoms with Crippen LogP contribution in [-0.4, -0.2) is 15.9 Å². The number of carbonyl (C=O) groups is 1. The quantitative estimate of drug-likeness (QED) is 0.345. The first kappa shape index (κ1) is 21.0. The van der Waals surface area contributed by atoms with E-state index in [1.54, 1.807) is 47.8 Å². The van der Waals surface area contributed by atoms with E-state index in [0.29, 0.717) is 27.8 Å². The lowest BCUT2D eigenvalue weighted by Gasteiger charge is -2.25. The Kier molecular flexibility index (Phi) is 6.31. The number of aryl methyl sites for hydroxylation is 1. The number of hydrogen-bond donors (Lipinski definition) is 0. The molecule has 0 saturated heterocycles. The molecule has 2 aromatic heterocycles. The van der Waals surface area contributed by atoms with Gasteiger partial charge in [-0.1, -0.05) is 53.5 Å². The van der Waals surface area contributed by atoms with Crippen LogP contribution >= 0.6 is 23.2 Å². The minimum atomic E-state index is -0.153. The van der Waals surface area contributed by atoms with Crippen molar-refractivity contribution in [1.29, 1.82) is 0 Å². The number of carbonyl (C=O) groups excluding carboxylic acids is 1. The van der Waals surface area contributed by atoms with Gasteiger partial charge in [-0.15, -0.1) is 0 Å². The molecule has 4 aromatic rings. The standard InChI is InChI=1S/C25H19Cl2N3O/c1-17-14-29-10-8-23(17)25(31)30(22-12-20(26)11-21(27)13-22)16-19-5-2-3-7-24(19)18-6-4-9-28-15-18/h2-15H,16H2,1H3. The van der Waals surface area contributed by atoms with Gasteiger partial charge < -0.3 is 4.90 Å². The zero-order chi connectivity index (χ0) is 21.8. The molecule has 0 saturated carbocycles. The Bertz CT molecular complexity index is 1210. The molecule has 4 nitrogen and oxygen atoms in total. The van der Waals surface area contributed by atoms with E-state index in [1.165, 1.54) is 0 Å². The molecule has 0 unspecified atom stereocenters. The molecular formula is C25H19Cl2N3O. The Labute approximate surface area is 191 Å². The van der Waals surface area contributed by atoms with Crippen molar-refractivity contribution >= 4 is 34.8 Å². The van der Waals surface area contributed by atoms with Crippen LogP contribution in [0.5, 0.6) is 0 Å². The average molecular weight is 448 g/mol. The summed E-state index contributed by atoms with van der Waals surface area (Å²) in [7, 11) is 0. The van der Waals surface area contributed by atoms with Crippen LogP contribution in [0.2, 0.25) is 10.0 Å². The van der Waals surface area contributed by atoms with Crippen LogP contribution < -0.4 is 4.90 Å². The van der Waals surface area contributed by atoms with Crippen LogP contribution in [0.15, 0.2) is 85.5 Å². The molecule has 2 aromatic carbocycles. The highest BCUT2D eigenvalue weighted by Crippen LogP contribution is 2.31. The molecule has 0 aliphatic carbocycles. The van der Waals surface area contributed by atoms with Crippen LogP contribution in [0.3, 0.4) is 0 Å². The Morgan fingerprint density at radius 2 is 1.65 bits per heavy atom. The van der Waals surface area contributed by atoms with Gasteiger partial charge in [-0.3, -0.25) is 14.8 Å². The number of pyridine rings is 2. The second-order valence-corrected chi connectivity index (χ2v) is 7.98. The fraction of sp³-hybridized carbons (Fsp3) is 0.0800. The van der Waals surface area contributed by atoms with Crippen molar-refractivity contribution in [3.63, 3.8) is 0 Å². The summed E-state index contributed by atoms with van der Waals surface area (Å²) < 4.78 is 0. The molecule has 0 fully saturated rings. The normalized spacial score (nSPS) is 10.7. The van der Waals surface area contributed by atoms with Crippen LogP contribution in [-0.2, 0) is 6.54 Å².